The minimum atomic E-state index is -0.358. The van der Waals surface area contributed by atoms with Crippen molar-refractivity contribution in [3.63, 3.8) is 0 Å². The van der Waals surface area contributed by atoms with Crippen LogP contribution in [0.3, 0.4) is 0 Å². The van der Waals surface area contributed by atoms with E-state index in [1.165, 1.54) is 12.1 Å². The number of rotatable bonds is 3. The molecular formula is C19H18FNO2. The lowest BCUT2D eigenvalue weighted by Gasteiger charge is -2.12. The molecule has 0 aliphatic carbocycles. The zero-order valence-electron chi connectivity index (χ0n) is 13.3. The zero-order valence-corrected chi connectivity index (χ0v) is 13.3. The summed E-state index contributed by atoms with van der Waals surface area (Å²) in [6.07, 6.45) is 1.78. The highest BCUT2D eigenvalue weighted by atomic mass is 19.1. The number of amides is 1. The summed E-state index contributed by atoms with van der Waals surface area (Å²) in [6, 6.07) is 10.1. The summed E-state index contributed by atoms with van der Waals surface area (Å²) in [6.45, 7) is 4.17. The quantitative estimate of drug-likeness (QED) is 0.850. The van der Waals surface area contributed by atoms with Crippen LogP contribution in [-0.4, -0.2) is 13.0 Å². The van der Waals surface area contributed by atoms with Crippen molar-refractivity contribution < 1.29 is 13.9 Å². The molecule has 0 saturated heterocycles. The molecule has 1 N–H and O–H groups in total. The van der Waals surface area contributed by atoms with Gasteiger partial charge in [0.2, 0.25) is 0 Å². The number of benzene rings is 2. The van der Waals surface area contributed by atoms with Gasteiger partial charge in [-0.2, -0.15) is 0 Å². The fraction of sp³-hybridized carbons (Fsp3) is 0.211. The number of hydrogen-bond donors (Lipinski definition) is 1. The number of hydrogen-bond acceptors (Lipinski definition) is 2. The molecule has 1 amide bonds. The van der Waals surface area contributed by atoms with Crippen molar-refractivity contribution in [2.75, 3.05) is 12.4 Å². The van der Waals surface area contributed by atoms with E-state index in [4.69, 9.17) is 4.74 Å². The van der Waals surface area contributed by atoms with E-state index in [0.29, 0.717) is 22.7 Å². The molecule has 3 nitrogen and oxygen atoms in total. The summed E-state index contributed by atoms with van der Waals surface area (Å²) in [4.78, 5) is 12.2. The summed E-state index contributed by atoms with van der Waals surface area (Å²) in [5.74, 6) is 0.547. The number of nitrogens with one attached hydrogen (secondary N) is 1. The van der Waals surface area contributed by atoms with Gasteiger partial charge >= 0.3 is 0 Å². The van der Waals surface area contributed by atoms with Crippen LogP contribution in [0.15, 0.2) is 36.4 Å². The maximum Gasteiger partial charge on any atom is 0.256 e. The van der Waals surface area contributed by atoms with Crippen LogP contribution >= 0.6 is 0 Å². The van der Waals surface area contributed by atoms with E-state index < -0.39 is 0 Å². The lowest BCUT2D eigenvalue weighted by atomic mass is 9.97. The predicted octanol–water partition coefficient (Wildman–Crippen LogP) is 4.45. The van der Waals surface area contributed by atoms with Crippen molar-refractivity contribution >= 4 is 23.2 Å². The van der Waals surface area contributed by atoms with Crippen molar-refractivity contribution in [3.05, 3.63) is 58.9 Å². The molecule has 1 heterocycles. The second-order valence-corrected chi connectivity index (χ2v) is 5.86. The summed E-state index contributed by atoms with van der Waals surface area (Å²) in [5.41, 5.74) is 3.66. The molecule has 0 bridgehead atoms. The number of halogens is 1. The fourth-order valence-corrected chi connectivity index (χ4v) is 2.76. The molecule has 2 aromatic rings. The van der Waals surface area contributed by atoms with E-state index in [1.807, 2.05) is 18.2 Å². The SMILES string of the molecule is COc1ccc(/C=C2/C(=O)Nc3ccc(F)cc32)cc1C(C)C. The largest absolute Gasteiger partial charge is 0.496 e. The van der Waals surface area contributed by atoms with Gasteiger partial charge in [-0.3, -0.25) is 4.79 Å². The molecule has 118 valence electrons. The van der Waals surface area contributed by atoms with Crippen molar-refractivity contribution in [3.8, 4) is 5.75 Å². The molecule has 4 heteroatoms. The predicted molar refractivity (Wildman–Crippen MR) is 90.0 cm³/mol. The number of ether oxygens (including phenoxy) is 1. The molecule has 1 aliphatic heterocycles. The monoisotopic (exact) mass is 311 g/mol. The Labute approximate surface area is 134 Å². The van der Waals surface area contributed by atoms with Gasteiger partial charge < -0.3 is 10.1 Å². The maximum atomic E-state index is 13.5. The molecule has 23 heavy (non-hydrogen) atoms. The second-order valence-electron chi connectivity index (χ2n) is 5.86. The topological polar surface area (TPSA) is 38.3 Å². The van der Waals surface area contributed by atoms with Gasteiger partial charge in [0.15, 0.2) is 0 Å². The Morgan fingerprint density at radius 3 is 2.65 bits per heavy atom. The van der Waals surface area contributed by atoms with Gasteiger partial charge in [0.05, 0.1) is 7.11 Å². The molecule has 0 atom stereocenters. The van der Waals surface area contributed by atoms with E-state index >= 15 is 0 Å². The summed E-state index contributed by atoms with van der Waals surface area (Å²) in [5, 5.41) is 2.76. The van der Waals surface area contributed by atoms with Crippen molar-refractivity contribution in [2.24, 2.45) is 0 Å². The van der Waals surface area contributed by atoms with Crippen LogP contribution in [0.4, 0.5) is 10.1 Å². The third kappa shape index (κ3) is 2.84. The van der Waals surface area contributed by atoms with Gasteiger partial charge in [-0.25, -0.2) is 4.39 Å². The highest BCUT2D eigenvalue weighted by molar-refractivity contribution is 6.34. The molecule has 1 aliphatic rings. The third-order valence-electron chi connectivity index (χ3n) is 3.95. The lowest BCUT2D eigenvalue weighted by Crippen LogP contribution is -2.03. The highest BCUT2D eigenvalue weighted by Gasteiger charge is 2.24. The fourth-order valence-electron chi connectivity index (χ4n) is 2.76. The van der Waals surface area contributed by atoms with Gasteiger partial charge in [-0.05, 0) is 53.5 Å². The molecule has 3 rings (SSSR count). The first-order valence-electron chi connectivity index (χ1n) is 7.50. The normalized spacial score (nSPS) is 15.0. The van der Waals surface area contributed by atoms with Gasteiger partial charge in [0, 0.05) is 16.8 Å². The Balaban J connectivity index is 2.08. The average molecular weight is 311 g/mol. The molecule has 0 spiro atoms. The summed E-state index contributed by atoms with van der Waals surface area (Å²) >= 11 is 0. The van der Waals surface area contributed by atoms with Gasteiger partial charge in [-0.15, -0.1) is 0 Å². The van der Waals surface area contributed by atoms with Crippen molar-refractivity contribution in [1.29, 1.82) is 0 Å². The van der Waals surface area contributed by atoms with Crippen LogP contribution in [0.1, 0.15) is 36.5 Å². The van der Waals surface area contributed by atoms with Crippen LogP contribution in [0.2, 0.25) is 0 Å². The molecule has 0 aromatic heterocycles. The van der Waals surface area contributed by atoms with Crippen LogP contribution < -0.4 is 10.1 Å². The van der Waals surface area contributed by atoms with Gasteiger partial charge in [0.1, 0.15) is 11.6 Å². The van der Waals surface area contributed by atoms with E-state index in [2.05, 4.69) is 19.2 Å². The van der Waals surface area contributed by atoms with E-state index in [0.717, 1.165) is 16.9 Å². The third-order valence-corrected chi connectivity index (χ3v) is 3.95. The number of carbonyl (C=O) groups is 1. The molecule has 2 aromatic carbocycles. The van der Waals surface area contributed by atoms with Crippen LogP contribution in [0.25, 0.3) is 11.6 Å². The lowest BCUT2D eigenvalue weighted by molar-refractivity contribution is -0.110. The Kier molecular flexibility index (Phi) is 3.90. The number of carbonyl (C=O) groups excluding carboxylic acids is 1. The van der Waals surface area contributed by atoms with E-state index in [-0.39, 0.29) is 11.7 Å². The first-order chi connectivity index (χ1) is 11.0. The van der Waals surface area contributed by atoms with Crippen molar-refractivity contribution in [2.45, 2.75) is 19.8 Å². The van der Waals surface area contributed by atoms with Crippen molar-refractivity contribution in [1.82, 2.24) is 0 Å². The van der Waals surface area contributed by atoms with E-state index in [1.54, 1.807) is 19.3 Å². The summed E-state index contributed by atoms with van der Waals surface area (Å²) < 4.78 is 18.9. The van der Waals surface area contributed by atoms with Gasteiger partial charge in [0.25, 0.3) is 5.91 Å². The Bertz CT molecular complexity index is 809. The standard InChI is InChI=1S/C19H18FNO2/c1-11(2)14-8-12(4-7-18(14)23-3)9-16-15-10-13(20)5-6-17(15)21-19(16)22/h4-11H,1-3H3,(H,21,22)/b16-9+. The minimum Gasteiger partial charge on any atom is -0.496 e. The average Bonchev–Trinajstić information content (AvgIpc) is 2.83. The molecule has 0 radical (unpaired) electrons. The second kappa shape index (κ2) is 5.88. The number of anilines is 1. The van der Waals surface area contributed by atoms with Crippen LogP contribution in [-0.2, 0) is 4.79 Å². The van der Waals surface area contributed by atoms with Crippen LogP contribution in [0.5, 0.6) is 5.75 Å². The minimum absolute atomic E-state index is 0.215. The maximum absolute atomic E-state index is 13.5. The molecule has 0 fully saturated rings. The zero-order chi connectivity index (χ0) is 16.6. The Morgan fingerprint density at radius 1 is 1.17 bits per heavy atom. The smallest absolute Gasteiger partial charge is 0.256 e. The van der Waals surface area contributed by atoms with Gasteiger partial charge in [-0.1, -0.05) is 19.9 Å². The Morgan fingerprint density at radius 2 is 1.96 bits per heavy atom. The molecule has 0 unspecified atom stereocenters. The Hall–Kier alpha value is -2.62. The molecular weight excluding hydrogens is 293 g/mol. The molecule has 0 saturated carbocycles. The van der Waals surface area contributed by atoms with E-state index in [9.17, 15) is 9.18 Å². The number of methoxy groups -OCH3 is 1. The first kappa shape index (κ1) is 15.3. The number of fused-ring (bicyclic) bond motifs is 1. The summed E-state index contributed by atoms with van der Waals surface area (Å²) in [7, 11) is 1.64. The van der Waals surface area contributed by atoms with Crippen LogP contribution in [0, 0.1) is 5.82 Å². The highest BCUT2D eigenvalue weighted by Crippen LogP contribution is 2.35. The first-order valence-corrected chi connectivity index (χ1v) is 7.50.